The number of hydrogen-bond donors (Lipinski definition) is 1. The Balaban J connectivity index is 1.78. The van der Waals surface area contributed by atoms with Gasteiger partial charge in [0.2, 0.25) is 0 Å². The summed E-state index contributed by atoms with van der Waals surface area (Å²) in [7, 11) is 0. The minimum atomic E-state index is 0.378. The van der Waals surface area contributed by atoms with Crippen LogP contribution in [0.1, 0.15) is 23.4 Å². The van der Waals surface area contributed by atoms with E-state index in [0.717, 1.165) is 17.3 Å². The average molecular weight is 272 g/mol. The molecule has 2 heterocycles. The molecule has 0 amide bonds. The van der Waals surface area contributed by atoms with Crippen LogP contribution in [0.5, 0.6) is 0 Å². The monoisotopic (exact) mass is 271 g/mol. The van der Waals surface area contributed by atoms with Crippen LogP contribution < -0.4 is 5.32 Å². The molecule has 0 aliphatic carbocycles. The Morgan fingerprint density at radius 3 is 2.94 bits per heavy atom. The summed E-state index contributed by atoms with van der Waals surface area (Å²) in [4.78, 5) is 1.43. The highest BCUT2D eigenvalue weighted by Gasteiger charge is 2.06. The summed E-state index contributed by atoms with van der Waals surface area (Å²) in [6, 6.07) is 6.69. The Morgan fingerprint density at radius 1 is 1.44 bits per heavy atom. The molecule has 1 nitrogen and oxygen atoms in total. The first kappa shape index (κ1) is 12.1. The van der Waals surface area contributed by atoms with Gasteiger partial charge in [0.15, 0.2) is 0 Å². The quantitative estimate of drug-likeness (QED) is 0.852. The number of hydrogen-bond acceptors (Lipinski definition) is 3. The molecule has 2 rings (SSSR count). The topological polar surface area (TPSA) is 12.0 Å². The first-order valence-electron chi connectivity index (χ1n) is 5.25. The largest absolute Gasteiger partial charge is 0.310 e. The minimum Gasteiger partial charge on any atom is -0.310 e. The number of nitrogens with one attached hydrogen (secondary N) is 1. The first-order chi connectivity index (χ1) is 7.75. The highest BCUT2D eigenvalue weighted by atomic mass is 35.5. The average Bonchev–Trinajstić information content (AvgIpc) is 2.89. The molecule has 0 saturated heterocycles. The van der Waals surface area contributed by atoms with Gasteiger partial charge in [0, 0.05) is 17.5 Å². The van der Waals surface area contributed by atoms with Crippen LogP contribution in [0.15, 0.2) is 29.0 Å². The Morgan fingerprint density at radius 2 is 2.31 bits per heavy atom. The summed E-state index contributed by atoms with van der Waals surface area (Å²) in [5, 5.41) is 7.74. The smallest absolute Gasteiger partial charge is 0.0931 e. The van der Waals surface area contributed by atoms with Crippen molar-refractivity contribution in [2.45, 2.75) is 19.4 Å². The van der Waals surface area contributed by atoms with Crippen LogP contribution >= 0.6 is 34.3 Å². The van der Waals surface area contributed by atoms with Gasteiger partial charge in [-0.05, 0) is 41.8 Å². The van der Waals surface area contributed by atoms with Gasteiger partial charge in [-0.15, -0.1) is 22.7 Å². The molecule has 0 aliphatic rings. The molecule has 86 valence electrons. The maximum Gasteiger partial charge on any atom is 0.0931 e. The fourth-order valence-corrected chi connectivity index (χ4v) is 3.23. The molecular weight excluding hydrogens is 258 g/mol. The molecule has 2 aromatic rings. The lowest BCUT2D eigenvalue weighted by Gasteiger charge is -2.11. The Bertz CT molecular complexity index is 422. The normalized spacial score (nSPS) is 12.9. The van der Waals surface area contributed by atoms with Crippen LogP contribution in [-0.2, 0) is 6.42 Å². The van der Waals surface area contributed by atoms with Gasteiger partial charge in [-0.25, -0.2) is 0 Å². The van der Waals surface area contributed by atoms with Crippen LogP contribution in [0.2, 0.25) is 4.34 Å². The van der Waals surface area contributed by atoms with E-state index < -0.39 is 0 Å². The number of thiophene rings is 2. The molecule has 1 unspecified atom stereocenters. The van der Waals surface area contributed by atoms with Crippen LogP contribution in [0.3, 0.4) is 0 Å². The van der Waals surface area contributed by atoms with Crippen molar-refractivity contribution < 1.29 is 0 Å². The zero-order valence-corrected chi connectivity index (χ0v) is 11.5. The predicted octanol–water partition coefficient (Wildman–Crippen LogP) is 4.36. The first-order valence-corrected chi connectivity index (χ1v) is 7.39. The van der Waals surface area contributed by atoms with E-state index >= 15 is 0 Å². The third kappa shape index (κ3) is 3.32. The highest BCUT2D eigenvalue weighted by molar-refractivity contribution is 7.14. The summed E-state index contributed by atoms with van der Waals surface area (Å²) in [6.45, 7) is 3.18. The fraction of sp³-hybridized carbons (Fsp3) is 0.333. The second-order valence-corrected chi connectivity index (χ2v) is 6.26. The van der Waals surface area contributed by atoms with Gasteiger partial charge >= 0.3 is 0 Å². The van der Waals surface area contributed by atoms with Crippen molar-refractivity contribution in [1.82, 2.24) is 5.32 Å². The molecule has 0 saturated carbocycles. The van der Waals surface area contributed by atoms with Crippen LogP contribution in [-0.4, -0.2) is 6.54 Å². The van der Waals surface area contributed by atoms with Crippen molar-refractivity contribution in [2.24, 2.45) is 0 Å². The van der Waals surface area contributed by atoms with Crippen molar-refractivity contribution in [3.8, 4) is 0 Å². The zero-order chi connectivity index (χ0) is 11.4. The second kappa shape index (κ2) is 5.82. The van der Waals surface area contributed by atoms with Gasteiger partial charge in [-0.3, -0.25) is 0 Å². The molecule has 0 radical (unpaired) electrons. The summed E-state index contributed by atoms with van der Waals surface area (Å²) in [5.74, 6) is 0. The van der Waals surface area contributed by atoms with E-state index in [2.05, 4.69) is 35.1 Å². The SMILES string of the molecule is CC(NCCc1cccs1)c1csc(Cl)c1. The lowest BCUT2D eigenvalue weighted by atomic mass is 10.2. The van der Waals surface area contributed by atoms with Crippen molar-refractivity contribution in [3.63, 3.8) is 0 Å². The van der Waals surface area contributed by atoms with E-state index in [4.69, 9.17) is 11.6 Å². The van der Waals surface area contributed by atoms with Gasteiger partial charge in [-0.1, -0.05) is 17.7 Å². The van der Waals surface area contributed by atoms with Crippen molar-refractivity contribution >= 4 is 34.3 Å². The number of rotatable bonds is 5. The molecule has 0 bridgehead atoms. The molecular formula is C12H14ClNS2. The molecule has 16 heavy (non-hydrogen) atoms. The van der Waals surface area contributed by atoms with Crippen LogP contribution in [0.4, 0.5) is 0 Å². The fourth-order valence-electron chi connectivity index (χ4n) is 1.54. The lowest BCUT2D eigenvalue weighted by Crippen LogP contribution is -2.20. The minimum absolute atomic E-state index is 0.378. The molecule has 2 aromatic heterocycles. The molecule has 0 aromatic carbocycles. The van der Waals surface area contributed by atoms with E-state index in [9.17, 15) is 0 Å². The maximum absolute atomic E-state index is 5.91. The van der Waals surface area contributed by atoms with E-state index in [0.29, 0.717) is 6.04 Å². The summed E-state index contributed by atoms with van der Waals surface area (Å²) < 4.78 is 0.863. The summed E-state index contributed by atoms with van der Waals surface area (Å²) in [5.41, 5.74) is 1.28. The van der Waals surface area contributed by atoms with Gasteiger partial charge in [0.1, 0.15) is 0 Å². The predicted molar refractivity (Wildman–Crippen MR) is 73.8 cm³/mol. The van der Waals surface area contributed by atoms with Crippen molar-refractivity contribution in [1.29, 1.82) is 0 Å². The molecule has 1 atom stereocenters. The van der Waals surface area contributed by atoms with Gasteiger partial charge < -0.3 is 5.32 Å². The van der Waals surface area contributed by atoms with Crippen LogP contribution in [0.25, 0.3) is 0 Å². The lowest BCUT2D eigenvalue weighted by molar-refractivity contribution is 0.580. The molecule has 0 spiro atoms. The van der Waals surface area contributed by atoms with Gasteiger partial charge in [-0.2, -0.15) is 0 Å². The Hall–Kier alpha value is -0.350. The third-order valence-corrected chi connectivity index (χ3v) is 4.54. The second-order valence-electron chi connectivity index (χ2n) is 3.69. The van der Waals surface area contributed by atoms with E-state index in [-0.39, 0.29) is 0 Å². The standard InChI is InChI=1S/C12H14ClNS2/c1-9(10-7-12(13)16-8-10)14-5-4-11-3-2-6-15-11/h2-3,6-9,14H,4-5H2,1H3. The Kier molecular flexibility index (Phi) is 4.41. The van der Waals surface area contributed by atoms with Crippen molar-refractivity contribution in [2.75, 3.05) is 6.54 Å². The third-order valence-electron chi connectivity index (χ3n) is 2.49. The van der Waals surface area contributed by atoms with Gasteiger partial charge in [0.25, 0.3) is 0 Å². The number of halogens is 1. The molecule has 1 N–H and O–H groups in total. The van der Waals surface area contributed by atoms with Gasteiger partial charge in [0.05, 0.1) is 4.34 Å². The highest BCUT2D eigenvalue weighted by Crippen LogP contribution is 2.24. The van der Waals surface area contributed by atoms with Crippen molar-refractivity contribution in [3.05, 3.63) is 43.7 Å². The van der Waals surface area contributed by atoms with E-state index in [1.54, 1.807) is 11.3 Å². The van der Waals surface area contributed by atoms with E-state index in [1.165, 1.54) is 10.4 Å². The molecule has 0 fully saturated rings. The summed E-state index contributed by atoms with van der Waals surface area (Å²) >= 11 is 9.32. The zero-order valence-electron chi connectivity index (χ0n) is 9.07. The van der Waals surface area contributed by atoms with E-state index in [1.807, 2.05) is 17.4 Å². The molecule has 0 aliphatic heterocycles. The Labute approximate surface area is 109 Å². The summed E-state index contributed by atoms with van der Waals surface area (Å²) in [6.07, 6.45) is 1.10. The van der Waals surface area contributed by atoms with Crippen LogP contribution in [0, 0.1) is 0 Å². The molecule has 4 heteroatoms. The maximum atomic E-state index is 5.91.